The Kier molecular flexibility index (Phi) is 49.0. The topological polar surface area (TPSA) is 72.8 Å². The molecule has 0 spiro atoms. The molecule has 0 aliphatic heterocycles. The van der Waals surface area contributed by atoms with Crippen molar-refractivity contribution in [3.63, 3.8) is 0 Å². The summed E-state index contributed by atoms with van der Waals surface area (Å²) < 4.78 is 10.6. The lowest BCUT2D eigenvalue weighted by Crippen LogP contribution is -2.28. The van der Waals surface area contributed by atoms with Crippen LogP contribution in [0.1, 0.15) is 219 Å². The number of unbranched alkanes of at least 4 members (excludes halogenated alkanes) is 19. The van der Waals surface area contributed by atoms with E-state index in [0.29, 0.717) is 12.8 Å². The van der Waals surface area contributed by atoms with Gasteiger partial charge in [-0.2, -0.15) is 0 Å². The molecule has 1 atom stereocenters. The lowest BCUT2D eigenvalue weighted by Gasteiger charge is -2.15. The third kappa shape index (κ3) is 49.2. The number of aliphatic hydroxyl groups is 1. The van der Waals surface area contributed by atoms with E-state index in [1.807, 2.05) is 0 Å². The molecular weight excluding hydrogens is 765 g/mol. The van der Waals surface area contributed by atoms with Gasteiger partial charge in [-0.15, -0.1) is 0 Å². The Hall–Kier alpha value is -3.44. The molecule has 0 bridgehead atoms. The van der Waals surface area contributed by atoms with Crippen LogP contribution in [0.25, 0.3) is 0 Å². The Balaban J connectivity index is 3.56. The number of allylic oxidation sites excluding steroid dienone is 18. The Morgan fingerprint density at radius 3 is 1.05 bits per heavy atom. The van der Waals surface area contributed by atoms with E-state index in [9.17, 15) is 14.7 Å². The molecule has 0 fully saturated rings. The summed E-state index contributed by atoms with van der Waals surface area (Å²) in [5.74, 6) is -0.600. The van der Waals surface area contributed by atoms with Gasteiger partial charge in [-0.25, -0.2) is 0 Å². The summed E-state index contributed by atoms with van der Waals surface area (Å²) in [5.41, 5.74) is 0. The molecule has 0 radical (unpaired) electrons. The molecule has 1 unspecified atom stereocenters. The van der Waals surface area contributed by atoms with E-state index in [1.165, 1.54) is 96.3 Å². The molecule has 5 nitrogen and oxygen atoms in total. The second-order valence-corrected chi connectivity index (χ2v) is 16.5. The monoisotopic (exact) mass is 859 g/mol. The lowest BCUT2D eigenvalue weighted by atomic mass is 10.0. The minimum absolute atomic E-state index is 0.0693. The summed E-state index contributed by atoms with van der Waals surface area (Å²) >= 11 is 0. The van der Waals surface area contributed by atoms with Crippen molar-refractivity contribution in [3.8, 4) is 0 Å². The SMILES string of the molecule is CC/C=C\C/C=C\C/C=C\C/C=C\C/C=C\C/C=C\C/C=C\C/C=C\C/C=C\CCCCCCCCCCCCCC(=O)OC(CO)COC(=O)CCCCCCCCCCC. The molecule has 1 N–H and O–H groups in total. The van der Waals surface area contributed by atoms with E-state index >= 15 is 0 Å². The molecule has 0 aromatic heterocycles. The highest BCUT2D eigenvalue weighted by atomic mass is 16.6. The number of carbonyl (C=O) groups is 2. The smallest absolute Gasteiger partial charge is 0.306 e. The van der Waals surface area contributed by atoms with Gasteiger partial charge in [0, 0.05) is 12.8 Å². The number of carbonyl (C=O) groups excluding carboxylic acids is 2. The minimum Gasteiger partial charge on any atom is -0.462 e. The van der Waals surface area contributed by atoms with Gasteiger partial charge in [-0.1, -0.05) is 232 Å². The van der Waals surface area contributed by atoms with Gasteiger partial charge in [-0.3, -0.25) is 9.59 Å². The van der Waals surface area contributed by atoms with Crippen LogP contribution in [0.5, 0.6) is 0 Å². The quantitative estimate of drug-likeness (QED) is 0.0375. The van der Waals surface area contributed by atoms with Crippen LogP contribution in [0, 0.1) is 0 Å². The molecule has 5 heteroatoms. The van der Waals surface area contributed by atoms with Crippen molar-refractivity contribution < 1.29 is 24.2 Å². The first kappa shape index (κ1) is 58.6. The van der Waals surface area contributed by atoms with Gasteiger partial charge in [0.2, 0.25) is 0 Å². The third-order valence-corrected chi connectivity index (χ3v) is 10.6. The molecule has 0 heterocycles. The van der Waals surface area contributed by atoms with Crippen LogP contribution >= 0.6 is 0 Å². The maximum atomic E-state index is 12.2. The molecule has 0 aromatic carbocycles. The second-order valence-electron chi connectivity index (χ2n) is 16.5. The first-order chi connectivity index (χ1) is 30.6. The molecule has 352 valence electrons. The minimum atomic E-state index is -0.775. The Labute approximate surface area is 382 Å². The maximum absolute atomic E-state index is 12.2. The van der Waals surface area contributed by atoms with Crippen LogP contribution in [0.2, 0.25) is 0 Å². The summed E-state index contributed by atoms with van der Waals surface area (Å²) in [6.45, 7) is 3.99. The van der Waals surface area contributed by atoms with Crippen LogP contribution in [-0.4, -0.2) is 36.4 Å². The fraction of sp³-hybridized carbons (Fsp3) is 0.649. The first-order valence-electron chi connectivity index (χ1n) is 25.4. The number of aliphatic hydroxyl groups excluding tert-OH is 1. The largest absolute Gasteiger partial charge is 0.462 e. The first-order valence-corrected chi connectivity index (χ1v) is 25.4. The van der Waals surface area contributed by atoms with E-state index in [4.69, 9.17) is 9.47 Å². The number of ether oxygens (including phenoxy) is 2. The van der Waals surface area contributed by atoms with Crippen LogP contribution in [0.15, 0.2) is 109 Å². The van der Waals surface area contributed by atoms with Crippen LogP contribution < -0.4 is 0 Å². The predicted octanol–water partition coefficient (Wildman–Crippen LogP) is 17.0. The van der Waals surface area contributed by atoms with Gasteiger partial charge in [0.05, 0.1) is 6.61 Å². The summed E-state index contributed by atoms with van der Waals surface area (Å²) in [4.78, 5) is 24.3. The van der Waals surface area contributed by atoms with Crippen LogP contribution in [-0.2, 0) is 19.1 Å². The average molecular weight is 859 g/mol. The highest BCUT2D eigenvalue weighted by Crippen LogP contribution is 2.14. The van der Waals surface area contributed by atoms with Gasteiger partial charge in [-0.05, 0) is 83.5 Å². The van der Waals surface area contributed by atoms with Crippen molar-refractivity contribution in [1.29, 1.82) is 0 Å². The van der Waals surface area contributed by atoms with Crippen molar-refractivity contribution in [2.45, 2.75) is 225 Å². The average Bonchev–Trinajstić information content (AvgIpc) is 3.28. The van der Waals surface area contributed by atoms with E-state index in [1.54, 1.807) is 0 Å². The van der Waals surface area contributed by atoms with Crippen molar-refractivity contribution >= 4 is 11.9 Å². The molecule has 0 aliphatic rings. The normalized spacial score (nSPS) is 13.1. The lowest BCUT2D eigenvalue weighted by molar-refractivity contribution is -0.161. The Bertz CT molecular complexity index is 1250. The van der Waals surface area contributed by atoms with E-state index in [-0.39, 0.29) is 25.2 Å². The summed E-state index contributed by atoms with van der Waals surface area (Å²) in [5, 5.41) is 9.57. The molecular formula is C57H94O5. The van der Waals surface area contributed by atoms with Crippen molar-refractivity contribution in [2.24, 2.45) is 0 Å². The second kappa shape index (κ2) is 51.9. The van der Waals surface area contributed by atoms with Gasteiger partial charge >= 0.3 is 11.9 Å². The summed E-state index contributed by atoms with van der Waals surface area (Å²) in [6, 6.07) is 0. The number of hydrogen-bond acceptors (Lipinski definition) is 5. The van der Waals surface area contributed by atoms with Crippen LogP contribution in [0.3, 0.4) is 0 Å². The maximum Gasteiger partial charge on any atom is 0.306 e. The standard InChI is InChI=1S/C57H94O5/c1-3-5-7-9-11-13-14-15-16-17-18-19-20-21-22-23-24-25-26-27-28-29-30-31-32-33-34-35-36-37-38-39-40-41-42-44-46-48-50-52-57(60)62-55(53-58)54-61-56(59)51-49-47-45-43-12-10-8-6-4-2/h5,7,11,13,15-16,18-19,21-22,24-25,27-28,30-31,33-34,55,58H,3-4,6,8-10,12,14,17,20,23,26,29,32,35-54H2,1-2H3/b7-5-,13-11-,16-15-,19-18-,22-21-,25-24-,28-27-,31-30-,34-33-. The van der Waals surface area contributed by atoms with Gasteiger partial charge in [0.15, 0.2) is 6.10 Å². The molecule has 62 heavy (non-hydrogen) atoms. The summed E-state index contributed by atoms with van der Waals surface area (Å²) in [7, 11) is 0. The zero-order valence-electron chi connectivity index (χ0n) is 40.1. The predicted molar refractivity (Wildman–Crippen MR) is 269 cm³/mol. The van der Waals surface area contributed by atoms with Crippen molar-refractivity contribution in [2.75, 3.05) is 13.2 Å². The number of esters is 2. The van der Waals surface area contributed by atoms with Crippen LogP contribution in [0.4, 0.5) is 0 Å². The molecule has 0 aromatic rings. The van der Waals surface area contributed by atoms with E-state index in [0.717, 1.165) is 96.3 Å². The van der Waals surface area contributed by atoms with Gasteiger partial charge < -0.3 is 14.6 Å². The summed E-state index contributed by atoms with van der Waals surface area (Å²) in [6.07, 6.45) is 74.8. The van der Waals surface area contributed by atoms with Gasteiger partial charge in [0.25, 0.3) is 0 Å². The van der Waals surface area contributed by atoms with Crippen molar-refractivity contribution in [3.05, 3.63) is 109 Å². The molecule has 0 rings (SSSR count). The zero-order valence-corrected chi connectivity index (χ0v) is 40.1. The molecule has 0 saturated heterocycles. The third-order valence-electron chi connectivity index (χ3n) is 10.6. The zero-order chi connectivity index (χ0) is 44.9. The van der Waals surface area contributed by atoms with E-state index in [2.05, 4.69) is 123 Å². The Morgan fingerprint density at radius 2 is 0.694 bits per heavy atom. The Morgan fingerprint density at radius 1 is 0.387 bits per heavy atom. The number of rotatable bonds is 45. The highest BCUT2D eigenvalue weighted by Gasteiger charge is 2.16. The van der Waals surface area contributed by atoms with E-state index < -0.39 is 6.10 Å². The molecule has 0 saturated carbocycles. The molecule has 0 amide bonds. The van der Waals surface area contributed by atoms with Gasteiger partial charge in [0.1, 0.15) is 6.61 Å². The fourth-order valence-electron chi connectivity index (χ4n) is 6.78. The molecule has 0 aliphatic carbocycles. The number of hydrogen-bond donors (Lipinski definition) is 1. The highest BCUT2D eigenvalue weighted by molar-refractivity contribution is 5.70. The van der Waals surface area contributed by atoms with Crippen molar-refractivity contribution in [1.82, 2.24) is 0 Å². The fourth-order valence-corrected chi connectivity index (χ4v) is 6.78.